The predicted molar refractivity (Wildman–Crippen MR) is 68.2 cm³/mol. The Kier molecular flexibility index (Phi) is 6.56. The number of rotatable bonds is 8. The standard InChI is InChI=1S/C13H17N3O/c1-12(15-16-14)7-5-6-10-17-11-13-8-3-2-4-9-13/h2-4,8-9H,1,5-7,10-11H2. The molecule has 1 rings (SSSR count). The number of benzene rings is 1. The molecule has 0 aliphatic rings. The molecule has 0 saturated carbocycles. The first-order chi connectivity index (χ1) is 8.33. The van der Waals surface area contributed by atoms with Crippen molar-refractivity contribution in [2.75, 3.05) is 6.61 Å². The first kappa shape index (κ1) is 13.3. The van der Waals surface area contributed by atoms with Crippen molar-refractivity contribution in [1.82, 2.24) is 0 Å². The molecule has 0 radical (unpaired) electrons. The Morgan fingerprint density at radius 2 is 2.06 bits per heavy atom. The number of azide groups is 1. The van der Waals surface area contributed by atoms with Crippen LogP contribution in [-0.4, -0.2) is 6.61 Å². The molecule has 0 unspecified atom stereocenters. The molecule has 4 nitrogen and oxygen atoms in total. The van der Waals surface area contributed by atoms with Crippen LogP contribution in [0.4, 0.5) is 0 Å². The van der Waals surface area contributed by atoms with Crippen LogP contribution in [0.2, 0.25) is 0 Å². The monoisotopic (exact) mass is 231 g/mol. The van der Waals surface area contributed by atoms with Crippen molar-refractivity contribution in [1.29, 1.82) is 0 Å². The lowest BCUT2D eigenvalue weighted by Crippen LogP contribution is -1.95. The summed E-state index contributed by atoms with van der Waals surface area (Å²) in [5.41, 5.74) is 9.96. The molecule has 0 fully saturated rings. The molecule has 0 atom stereocenters. The molecule has 0 spiro atoms. The van der Waals surface area contributed by atoms with Crippen molar-refractivity contribution in [2.24, 2.45) is 5.11 Å². The molecule has 0 amide bonds. The van der Waals surface area contributed by atoms with E-state index in [1.54, 1.807) is 0 Å². The molecule has 0 aliphatic heterocycles. The second kappa shape index (κ2) is 8.39. The third kappa shape index (κ3) is 6.40. The van der Waals surface area contributed by atoms with E-state index in [9.17, 15) is 0 Å². The highest BCUT2D eigenvalue weighted by Crippen LogP contribution is 2.07. The van der Waals surface area contributed by atoms with E-state index in [1.165, 1.54) is 5.56 Å². The quantitative estimate of drug-likeness (QED) is 0.286. The van der Waals surface area contributed by atoms with Gasteiger partial charge in [-0.25, -0.2) is 0 Å². The van der Waals surface area contributed by atoms with Gasteiger partial charge in [0, 0.05) is 17.2 Å². The van der Waals surface area contributed by atoms with Gasteiger partial charge in [0.1, 0.15) is 0 Å². The van der Waals surface area contributed by atoms with Gasteiger partial charge in [-0.2, -0.15) is 0 Å². The van der Waals surface area contributed by atoms with Crippen molar-refractivity contribution in [2.45, 2.75) is 25.9 Å². The second-order valence-corrected chi connectivity index (χ2v) is 3.75. The van der Waals surface area contributed by atoms with Gasteiger partial charge < -0.3 is 4.74 Å². The predicted octanol–water partition coefficient (Wildman–Crippen LogP) is 4.20. The molecule has 1 aromatic rings. The molecule has 0 saturated heterocycles. The molecule has 0 bridgehead atoms. The Hall–Kier alpha value is -1.77. The molecule has 0 aromatic heterocycles. The van der Waals surface area contributed by atoms with Crippen molar-refractivity contribution >= 4 is 0 Å². The number of allylic oxidation sites excluding steroid dienone is 1. The van der Waals surface area contributed by atoms with Gasteiger partial charge in [0.25, 0.3) is 0 Å². The van der Waals surface area contributed by atoms with Crippen LogP contribution in [0.1, 0.15) is 24.8 Å². The fourth-order valence-corrected chi connectivity index (χ4v) is 1.41. The van der Waals surface area contributed by atoms with E-state index >= 15 is 0 Å². The van der Waals surface area contributed by atoms with Crippen molar-refractivity contribution in [3.63, 3.8) is 0 Å². The summed E-state index contributed by atoms with van der Waals surface area (Å²) < 4.78 is 5.53. The highest BCUT2D eigenvalue weighted by Gasteiger charge is 1.94. The van der Waals surface area contributed by atoms with E-state index in [4.69, 9.17) is 10.3 Å². The van der Waals surface area contributed by atoms with Crippen LogP contribution in [0.15, 0.2) is 47.7 Å². The van der Waals surface area contributed by atoms with E-state index in [2.05, 4.69) is 16.6 Å². The number of unbranched alkanes of at least 4 members (excludes halogenated alkanes) is 1. The fraction of sp³-hybridized carbons (Fsp3) is 0.385. The molecule has 0 aliphatic carbocycles. The largest absolute Gasteiger partial charge is 0.377 e. The van der Waals surface area contributed by atoms with Gasteiger partial charge in [0.15, 0.2) is 0 Å². The lowest BCUT2D eigenvalue weighted by Gasteiger charge is -2.04. The number of nitrogens with zero attached hydrogens (tertiary/aromatic N) is 3. The molecule has 90 valence electrons. The van der Waals surface area contributed by atoms with E-state index < -0.39 is 0 Å². The van der Waals surface area contributed by atoms with Crippen LogP contribution in [-0.2, 0) is 11.3 Å². The summed E-state index contributed by atoms with van der Waals surface area (Å²) in [5, 5.41) is 3.44. The van der Waals surface area contributed by atoms with Gasteiger partial charge in [-0.3, -0.25) is 0 Å². The van der Waals surface area contributed by atoms with Gasteiger partial charge in [-0.1, -0.05) is 42.0 Å². The normalized spacial score (nSPS) is 9.65. The molecular weight excluding hydrogens is 214 g/mol. The molecule has 4 heteroatoms. The van der Waals surface area contributed by atoms with Gasteiger partial charge >= 0.3 is 0 Å². The summed E-state index contributed by atoms with van der Waals surface area (Å²) in [6.07, 6.45) is 2.62. The Bertz CT molecular complexity index is 383. The zero-order chi connectivity index (χ0) is 12.3. The number of hydrogen-bond donors (Lipinski definition) is 0. The zero-order valence-electron chi connectivity index (χ0n) is 9.88. The second-order valence-electron chi connectivity index (χ2n) is 3.75. The van der Waals surface area contributed by atoms with Crippen LogP contribution in [0.5, 0.6) is 0 Å². The van der Waals surface area contributed by atoms with Crippen LogP contribution in [0.25, 0.3) is 10.4 Å². The van der Waals surface area contributed by atoms with Gasteiger partial charge in [-0.05, 0) is 30.4 Å². The topological polar surface area (TPSA) is 58.0 Å². The zero-order valence-corrected chi connectivity index (χ0v) is 9.88. The SMILES string of the molecule is C=C(CCCCOCc1ccccc1)N=[N+]=[N-]. The minimum Gasteiger partial charge on any atom is -0.377 e. The van der Waals surface area contributed by atoms with Crippen molar-refractivity contribution in [3.05, 3.63) is 58.6 Å². The lowest BCUT2D eigenvalue weighted by molar-refractivity contribution is 0.117. The first-order valence-electron chi connectivity index (χ1n) is 5.67. The van der Waals surface area contributed by atoms with Crippen molar-refractivity contribution in [3.8, 4) is 0 Å². The maximum Gasteiger partial charge on any atom is 0.0716 e. The lowest BCUT2D eigenvalue weighted by atomic mass is 10.2. The summed E-state index contributed by atoms with van der Waals surface area (Å²) >= 11 is 0. The average molecular weight is 231 g/mol. The Balaban J connectivity index is 2.02. The maximum absolute atomic E-state index is 8.18. The maximum atomic E-state index is 8.18. The molecule has 0 N–H and O–H groups in total. The Morgan fingerprint density at radius 3 is 2.76 bits per heavy atom. The highest BCUT2D eigenvalue weighted by atomic mass is 16.5. The summed E-state index contributed by atoms with van der Waals surface area (Å²) in [7, 11) is 0. The summed E-state index contributed by atoms with van der Waals surface area (Å²) in [6, 6.07) is 10.1. The first-order valence-corrected chi connectivity index (χ1v) is 5.67. The van der Waals surface area contributed by atoms with Crippen LogP contribution in [0, 0.1) is 0 Å². The smallest absolute Gasteiger partial charge is 0.0716 e. The average Bonchev–Trinajstić information content (AvgIpc) is 2.35. The highest BCUT2D eigenvalue weighted by molar-refractivity contribution is 5.13. The minimum atomic E-state index is 0.593. The van der Waals surface area contributed by atoms with Crippen LogP contribution >= 0.6 is 0 Å². The third-order valence-corrected chi connectivity index (χ3v) is 2.30. The minimum absolute atomic E-state index is 0.593. The van der Waals surface area contributed by atoms with E-state index in [0.29, 0.717) is 12.3 Å². The van der Waals surface area contributed by atoms with Crippen molar-refractivity contribution < 1.29 is 4.74 Å². The molecule has 1 aromatic carbocycles. The summed E-state index contributed by atoms with van der Waals surface area (Å²) in [6.45, 7) is 5.02. The Morgan fingerprint density at radius 1 is 1.29 bits per heavy atom. The summed E-state index contributed by atoms with van der Waals surface area (Å²) in [5.74, 6) is 0. The van der Waals surface area contributed by atoms with Gasteiger partial charge in [0.2, 0.25) is 0 Å². The Labute approximate surface area is 102 Å². The van der Waals surface area contributed by atoms with Gasteiger partial charge in [0.05, 0.1) is 6.61 Å². The van der Waals surface area contributed by atoms with Crippen LogP contribution < -0.4 is 0 Å². The molecule has 17 heavy (non-hydrogen) atoms. The third-order valence-electron chi connectivity index (χ3n) is 2.30. The van der Waals surface area contributed by atoms with Crippen LogP contribution in [0.3, 0.4) is 0 Å². The summed E-state index contributed by atoms with van der Waals surface area (Å²) in [4.78, 5) is 2.68. The molecular formula is C13H17N3O. The van der Waals surface area contributed by atoms with E-state index in [-0.39, 0.29) is 0 Å². The van der Waals surface area contributed by atoms with E-state index in [1.807, 2.05) is 30.3 Å². The molecule has 0 heterocycles. The van der Waals surface area contributed by atoms with E-state index in [0.717, 1.165) is 25.9 Å². The number of ether oxygens (including phenoxy) is 1. The van der Waals surface area contributed by atoms with Gasteiger partial charge in [-0.15, -0.1) is 0 Å². The number of hydrogen-bond acceptors (Lipinski definition) is 2. The fourth-order valence-electron chi connectivity index (χ4n) is 1.41.